The molecule has 1 unspecified atom stereocenters. The van der Waals surface area contributed by atoms with Gasteiger partial charge in [-0.2, -0.15) is 0 Å². The quantitative estimate of drug-likeness (QED) is 0.885. The molecule has 0 radical (unpaired) electrons. The minimum atomic E-state index is 0.295. The van der Waals surface area contributed by atoms with Crippen LogP contribution in [0.3, 0.4) is 0 Å². The van der Waals surface area contributed by atoms with Crippen LogP contribution in [0, 0.1) is 0 Å². The number of nitrogens with one attached hydrogen (secondary N) is 2. The van der Waals surface area contributed by atoms with Crippen LogP contribution in [-0.4, -0.2) is 37.7 Å². The van der Waals surface area contributed by atoms with Crippen LogP contribution < -0.4 is 15.5 Å². The Morgan fingerprint density at radius 1 is 1.00 bits per heavy atom. The average molecular weight is 294 g/mol. The molecule has 2 aliphatic heterocycles. The molecule has 0 bridgehead atoms. The lowest BCUT2D eigenvalue weighted by Gasteiger charge is -2.32. The van der Waals surface area contributed by atoms with E-state index in [2.05, 4.69) is 50.8 Å². The van der Waals surface area contributed by atoms with Gasteiger partial charge in [-0.3, -0.25) is 4.98 Å². The predicted octanol–water partition coefficient (Wildman–Crippen LogP) is 1.73. The Bertz CT molecular complexity index is 635. The van der Waals surface area contributed by atoms with Crippen LogP contribution in [-0.2, 0) is 6.42 Å². The number of hydrogen-bond acceptors (Lipinski definition) is 4. The Balaban J connectivity index is 1.65. The number of aromatic nitrogens is 1. The van der Waals surface area contributed by atoms with E-state index in [0.717, 1.165) is 39.1 Å². The highest BCUT2D eigenvalue weighted by molar-refractivity contribution is 5.54. The highest BCUT2D eigenvalue weighted by atomic mass is 15.2. The summed E-state index contributed by atoms with van der Waals surface area (Å²) < 4.78 is 0. The molecular weight excluding hydrogens is 272 g/mol. The maximum atomic E-state index is 4.13. The Labute approximate surface area is 131 Å². The van der Waals surface area contributed by atoms with Gasteiger partial charge < -0.3 is 15.5 Å². The van der Waals surface area contributed by atoms with E-state index in [-0.39, 0.29) is 0 Å². The fourth-order valence-corrected chi connectivity index (χ4v) is 3.52. The Hall–Kier alpha value is -1.91. The zero-order valence-electron chi connectivity index (χ0n) is 12.8. The van der Waals surface area contributed by atoms with Crippen LogP contribution in [0.1, 0.15) is 22.7 Å². The number of hydrogen-bond donors (Lipinski definition) is 2. The second kappa shape index (κ2) is 6.07. The van der Waals surface area contributed by atoms with Crippen LogP contribution in [0.15, 0.2) is 42.7 Å². The van der Waals surface area contributed by atoms with Gasteiger partial charge in [-0.1, -0.05) is 6.07 Å². The van der Waals surface area contributed by atoms with Gasteiger partial charge in [0, 0.05) is 50.8 Å². The number of piperazine rings is 1. The van der Waals surface area contributed by atoms with Crippen molar-refractivity contribution in [2.24, 2.45) is 0 Å². The number of nitrogens with zero attached hydrogens (tertiary/aromatic N) is 2. The lowest BCUT2D eigenvalue weighted by molar-refractivity contribution is 0.565. The second-order valence-corrected chi connectivity index (χ2v) is 6.04. The van der Waals surface area contributed by atoms with Crippen molar-refractivity contribution in [3.63, 3.8) is 0 Å². The molecule has 0 amide bonds. The van der Waals surface area contributed by atoms with Crippen LogP contribution in [0.25, 0.3) is 0 Å². The summed E-state index contributed by atoms with van der Waals surface area (Å²) in [6.07, 6.45) is 4.86. The second-order valence-electron chi connectivity index (χ2n) is 6.04. The van der Waals surface area contributed by atoms with Gasteiger partial charge in [0.25, 0.3) is 0 Å². The first kappa shape index (κ1) is 13.7. The van der Waals surface area contributed by atoms with Crippen LogP contribution >= 0.6 is 0 Å². The van der Waals surface area contributed by atoms with E-state index in [1.807, 2.05) is 12.4 Å². The van der Waals surface area contributed by atoms with E-state index in [1.54, 1.807) is 0 Å². The van der Waals surface area contributed by atoms with Gasteiger partial charge in [-0.25, -0.2) is 0 Å². The van der Waals surface area contributed by atoms with Crippen LogP contribution in [0.5, 0.6) is 0 Å². The van der Waals surface area contributed by atoms with E-state index in [0.29, 0.717) is 6.04 Å². The topological polar surface area (TPSA) is 40.2 Å². The highest BCUT2D eigenvalue weighted by Gasteiger charge is 2.22. The third-order valence-electron chi connectivity index (χ3n) is 4.70. The van der Waals surface area contributed by atoms with Gasteiger partial charge in [0.1, 0.15) is 0 Å². The largest absolute Gasteiger partial charge is 0.369 e. The normalized spacial score (nSPS) is 21.5. The smallest absolute Gasteiger partial charge is 0.0580 e. The van der Waals surface area contributed by atoms with E-state index < -0.39 is 0 Å². The maximum Gasteiger partial charge on any atom is 0.0580 e. The molecule has 1 saturated heterocycles. The first-order valence-electron chi connectivity index (χ1n) is 8.13. The van der Waals surface area contributed by atoms with E-state index in [9.17, 15) is 0 Å². The van der Waals surface area contributed by atoms with Crippen molar-refractivity contribution in [1.29, 1.82) is 0 Å². The fourth-order valence-electron chi connectivity index (χ4n) is 3.52. The average Bonchev–Trinajstić information content (AvgIpc) is 2.62. The summed E-state index contributed by atoms with van der Waals surface area (Å²) in [5, 5.41) is 7.06. The molecular formula is C18H22N4. The minimum Gasteiger partial charge on any atom is -0.369 e. The summed E-state index contributed by atoms with van der Waals surface area (Å²) in [7, 11) is 0. The molecule has 0 saturated carbocycles. The summed E-state index contributed by atoms with van der Waals surface area (Å²) in [6.45, 7) is 5.40. The van der Waals surface area contributed by atoms with Gasteiger partial charge in [0.05, 0.1) is 6.04 Å². The molecule has 1 fully saturated rings. The zero-order chi connectivity index (χ0) is 14.8. The molecule has 4 nitrogen and oxygen atoms in total. The molecule has 1 atom stereocenters. The third-order valence-corrected chi connectivity index (χ3v) is 4.70. The van der Waals surface area contributed by atoms with Crippen molar-refractivity contribution in [3.8, 4) is 0 Å². The molecule has 1 aromatic carbocycles. The summed E-state index contributed by atoms with van der Waals surface area (Å²) in [4.78, 5) is 6.62. The maximum absolute atomic E-state index is 4.13. The van der Waals surface area contributed by atoms with E-state index in [4.69, 9.17) is 0 Å². The Morgan fingerprint density at radius 2 is 1.82 bits per heavy atom. The number of rotatable bonds is 2. The van der Waals surface area contributed by atoms with Crippen molar-refractivity contribution in [2.75, 3.05) is 37.6 Å². The molecule has 3 heterocycles. The molecule has 2 aliphatic rings. The third kappa shape index (κ3) is 2.60. The number of anilines is 1. The molecule has 4 rings (SSSR count). The van der Waals surface area contributed by atoms with Gasteiger partial charge in [-0.05, 0) is 47.4 Å². The van der Waals surface area contributed by atoms with Crippen LogP contribution in [0.2, 0.25) is 0 Å². The monoisotopic (exact) mass is 294 g/mol. The van der Waals surface area contributed by atoms with Crippen molar-refractivity contribution in [3.05, 3.63) is 59.4 Å². The molecule has 1 aromatic heterocycles. The van der Waals surface area contributed by atoms with Crippen molar-refractivity contribution >= 4 is 5.69 Å². The lowest BCUT2D eigenvalue weighted by Crippen LogP contribution is -2.43. The van der Waals surface area contributed by atoms with Crippen molar-refractivity contribution in [2.45, 2.75) is 12.5 Å². The SMILES string of the molecule is c1cc(C2NCCc3cc(N4CCNCC4)ccc32)ccn1. The van der Waals surface area contributed by atoms with E-state index in [1.165, 1.54) is 22.4 Å². The van der Waals surface area contributed by atoms with Crippen molar-refractivity contribution < 1.29 is 0 Å². The molecule has 2 aromatic rings. The standard InChI is InChI=1S/C18H22N4/c1-2-17-15(13-16(1)22-11-9-20-10-12-22)5-8-21-18(17)14-3-6-19-7-4-14/h1-4,6-7,13,18,20-21H,5,8-12H2. The van der Waals surface area contributed by atoms with Gasteiger partial charge in [-0.15, -0.1) is 0 Å². The van der Waals surface area contributed by atoms with Gasteiger partial charge in [0.2, 0.25) is 0 Å². The highest BCUT2D eigenvalue weighted by Crippen LogP contribution is 2.31. The first-order valence-corrected chi connectivity index (χ1v) is 8.13. The van der Waals surface area contributed by atoms with Crippen LogP contribution in [0.4, 0.5) is 5.69 Å². The molecule has 4 heteroatoms. The lowest BCUT2D eigenvalue weighted by atomic mass is 9.90. The number of fused-ring (bicyclic) bond motifs is 1. The molecule has 0 aliphatic carbocycles. The van der Waals surface area contributed by atoms with Gasteiger partial charge >= 0.3 is 0 Å². The molecule has 22 heavy (non-hydrogen) atoms. The first-order chi connectivity index (χ1) is 10.9. The zero-order valence-corrected chi connectivity index (χ0v) is 12.8. The summed E-state index contributed by atoms with van der Waals surface area (Å²) in [5.41, 5.74) is 5.56. The summed E-state index contributed by atoms with van der Waals surface area (Å²) in [6, 6.07) is 11.5. The predicted molar refractivity (Wildman–Crippen MR) is 89.3 cm³/mol. The summed E-state index contributed by atoms with van der Waals surface area (Å²) in [5.74, 6) is 0. The number of pyridine rings is 1. The summed E-state index contributed by atoms with van der Waals surface area (Å²) >= 11 is 0. The fraction of sp³-hybridized carbons (Fsp3) is 0.389. The van der Waals surface area contributed by atoms with Crippen molar-refractivity contribution in [1.82, 2.24) is 15.6 Å². The minimum absolute atomic E-state index is 0.295. The number of benzene rings is 1. The Kier molecular flexibility index (Phi) is 3.79. The molecule has 0 spiro atoms. The molecule has 114 valence electrons. The van der Waals surface area contributed by atoms with E-state index >= 15 is 0 Å². The molecule has 2 N–H and O–H groups in total. The Morgan fingerprint density at radius 3 is 2.64 bits per heavy atom. The van der Waals surface area contributed by atoms with Gasteiger partial charge in [0.15, 0.2) is 0 Å².